The van der Waals surface area contributed by atoms with E-state index in [9.17, 15) is 13.2 Å². The monoisotopic (exact) mass is 517 g/mol. The summed E-state index contributed by atoms with van der Waals surface area (Å²) in [7, 11) is -3.74. The second-order valence-electron chi connectivity index (χ2n) is 6.86. The van der Waals surface area contributed by atoms with E-state index in [4.69, 9.17) is 12.2 Å². The Morgan fingerprint density at radius 2 is 1.58 bits per heavy atom. The van der Waals surface area contributed by atoms with Crippen LogP contribution in [0.4, 0.5) is 11.4 Å². The number of hydrogen-bond acceptors (Lipinski definition) is 4. The van der Waals surface area contributed by atoms with Crippen molar-refractivity contribution in [1.82, 2.24) is 5.32 Å². The quantitative estimate of drug-likeness (QED) is 0.414. The van der Waals surface area contributed by atoms with Gasteiger partial charge in [-0.05, 0) is 86.2 Å². The van der Waals surface area contributed by atoms with Gasteiger partial charge < -0.3 is 5.32 Å². The Balaban J connectivity index is 1.64. The fraction of sp³-hybridized carbons (Fsp3) is 0.0909. The van der Waals surface area contributed by atoms with Gasteiger partial charge in [0.2, 0.25) is 0 Å². The molecule has 0 bridgehead atoms. The van der Waals surface area contributed by atoms with E-state index in [0.29, 0.717) is 16.9 Å². The average Bonchev–Trinajstić information content (AvgIpc) is 2.71. The van der Waals surface area contributed by atoms with Crippen LogP contribution in [0.1, 0.15) is 21.5 Å². The lowest BCUT2D eigenvalue weighted by molar-refractivity contribution is 0.0977. The largest absolute Gasteiger partial charge is 0.332 e. The highest BCUT2D eigenvalue weighted by Crippen LogP contribution is 2.22. The van der Waals surface area contributed by atoms with Gasteiger partial charge >= 0.3 is 0 Å². The molecule has 3 aromatic carbocycles. The summed E-state index contributed by atoms with van der Waals surface area (Å²) in [4.78, 5) is 12.3. The Morgan fingerprint density at radius 1 is 0.935 bits per heavy atom. The summed E-state index contributed by atoms with van der Waals surface area (Å²) in [5.74, 6) is -0.345. The summed E-state index contributed by atoms with van der Waals surface area (Å²) in [5.41, 5.74) is 3.44. The molecule has 0 heterocycles. The minimum absolute atomic E-state index is 0.108. The van der Waals surface area contributed by atoms with E-state index in [1.165, 1.54) is 12.1 Å². The van der Waals surface area contributed by atoms with E-state index < -0.39 is 10.0 Å². The molecule has 3 N–H and O–H groups in total. The number of sulfonamides is 1. The lowest BCUT2D eigenvalue weighted by Crippen LogP contribution is -2.34. The number of amides is 1. The van der Waals surface area contributed by atoms with E-state index in [0.717, 1.165) is 15.6 Å². The third-order valence-electron chi connectivity index (χ3n) is 4.38. The van der Waals surface area contributed by atoms with E-state index >= 15 is 0 Å². The van der Waals surface area contributed by atoms with Crippen molar-refractivity contribution in [2.75, 3.05) is 10.0 Å². The number of anilines is 2. The fourth-order valence-corrected chi connectivity index (χ4v) is 4.39. The molecule has 3 rings (SSSR count). The number of thiocarbonyl (C=S) groups is 1. The molecule has 0 aliphatic heterocycles. The maximum atomic E-state index is 12.7. The fourth-order valence-electron chi connectivity index (χ4n) is 2.79. The van der Waals surface area contributed by atoms with Crippen LogP contribution in [-0.2, 0) is 10.0 Å². The van der Waals surface area contributed by atoms with Crippen LogP contribution in [0.15, 0.2) is 76.1 Å². The van der Waals surface area contributed by atoms with Crippen LogP contribution < -0.4 is 15.4 Å². The molecule has 31 heavy (non-hydrogen) atoms. The molecule has 0 spiro atoms. The molecule has 1 amide bonds. The van der Waals surface area contributed by atoms with Gasteiger partial charge in [-0.3, -0.25) is 14.8 Å². The first-order valence-electron chi connectivity index (χ1n) is 9.22. The standard InChI is InChI=1S/C22H20BrN3O3S2/c1-14-3-12-20(15(2)13-14)26-31(28,29)19-10-8-18(9-11-19)24-22(30)25-21(27)16-4-6-17(23)7-5-16/h3-13,26H,1-2H3,(H2,24,25,27,30). The van der Waals surface area contributed by atoms with Crippen molar-refractivity contribution in [2.45, 2.75) is 18.7 Å². The molecule has 0 radical (unpaired) electrons. The van der Waals surface area contributed by atoms with Crippen molar-refractivity contribution >= 4 is 60.6 Å². The molecule has 160 valence electrons. The first-order chi connectivity index (χ1) is 14.6. The normalized spacial score (nSPS) is 10.9. The highest BCUT2D eigenvalue weighted by Gasteiger charge is 2.15. The third-order valence-corrected chi connectivity index (χ3v) is 6.50. The molecule has 0 unspecified atom stereocenters. The molecule has 0 saturated carbocycles. The predicted octanol–water partition coefficient (Wildman–Crippen LogP) is 4.99. The predicted molar refractivity (Wildman–Crippen MR) is 131 cm³/mol. The van der Waals surface area contributed by atoms with Crippen molar-refractivity contribution in [3.05, 3.63) is 87.9 Å². The number of rotatable bonds is 5. The highest BCUT2D eigenvalue weighted by molar-refractivity contribution is 9.10. The van der Waals surface area contributed by atoms with Gasteiger partial charge in [0.15, 0.2) is 5.11 Å². The van der Waals surface area contributed by atoms with Crippen LogP contribution in [0.5, 0.6) is 0 Å². The molecule has 0 saturated heterocycles. The van der Waals surface area contributed by atoms with Gasteiger partial charge in [0, 0.05) is 15.7 Å². The summed E-state index contributed by atoms with van der Waals surface area (Å²) >= 11 is 8.49. The molecule has 9 heteroatoms. The maximum Gasteiger partial charge on any atom is 0.261 e. The minimum atomic E-state index is -3.74. The number of halogens is 1. The van der Waals surface area contributed by atoms with Crippen LogP contribution in [-0.4, -0.2) is 19.4 Å². The smallest absolute Gasteiger partial charge is 0.261 e. The van der Waals surface area contributed by atoms with Gasteiger partial charge in [0.25, 0.3) is 15.9 Å². The van der Waals surface area contributed by atoms with Crippen LogP contribution in [0.2, 0.25) is 0 Å². The topological polar surface area (TPSA) is 87.3 Å². The summed E-state index contributed by atoms with van der Waals surface area (Å²) in [6, 6.07) is 18.5. The molecule has 6 nitrogen and oxygen atoms in total. The zero-order chi connectivity index (χ0) is 22.6. The zero-order valence-corrected chi connectivity index (χ0v) is 20.0. The second kappa shape index (κ2) is 9.59. The molecule has 0 aromatic heterocycles. The van der Waals surface area contributed by atoms with Crippen LogP contribution >= 0.6 is 28.1 Å². The number of hydrogen-bond donors (Lipinski definition) is 3. The first kappa shape index (κ1) is 22.9. The van der Waals surface area contributed by atoms with Gasteiger partial charge in [-0.25, -0.2) is 8.42 Å². The Bertz CT molecular complexity index is 1230. The zero-order valence-electron chi connectivity index (χ0n) is 16.8. The van der Waals surface area contributed by atoms with Gasteiger partial charge in [-0.1, -0.05) is 33.6 Å². The van der Waals surface area contributed by atoms with Crippen LogP contribution in [0, 0.1) is 13.8 Å². The Hall–Kier alpha value is -2.75. The first-order valence-corrected chi connectivity index (χ1v) is 11.9. The van der Waals surface area contributed by atoms with Crippen molar-refractivity contribution in [3.8, 4) is 0 Å². The second-order valence-corrected chi connectivity index (χ2v) is 9.87. The summed E-state index contributed by atoms with van der Waals surface area (Å²) in [6.45, 7) is 3.80. The Labute approximate surface area is 195 Å². The van der Waals surface area contributed by atoms with Gasteiger partial charge in [-0.2, -0.15) is 0 Å². The number of nitrogens with one attached hydrogen (secondary N) is 3. The van der Waals surface area contributed by atoms with Crippen molar-refractivity contribution < 1.29 is 13.2 Å². The molecule has 0 fully saturated rings. The van der Waals surface area contributed by atoms with Gasteiger partial charge in [0.1, 0.15) is 0 Å². The lowest BCUT2D eigenvalue weighted by Gasteiger charge is -2.13. The van der Waals surface area contributed by atoms with Crippen molar-refractivity contribution in [1.29, 1.82) is 0 Å². The third kappa shape index (κ3) is 6.13. The molecular weight excluding hydrogens is 498 g/mol. The van der Waals surface area contributed by atoms with Crippen LogP contribution in [0.25, 0.3) is 0 Å². The van der Waals surface area contributed by atoms with E-state index in [-0.39, 0.29) is 15.9 Å². The molecular formula is C22H20BrN3O3S2. The molecule has 3 aromatic rings. The SMILES string of the molecule is Cc1ccc(NS(=O)(=O)c2ccc(NC(=S)NC(=O)c3ccc(Br)cc3)cc2)c(C)c1. The van der Waals surface area contributed by atoms with E-state index in [1.54, 1.807) is 42.5 Å². The van der Waals surface area contributed by atoms with Gasteiger partial charge in [0.05, 0.1) is 10.6 Å². The van der Waals surface area contributed by atoms with Crippen LogP contribution in [0.3, 0.4) is 0 Å². The highest BCUT2D eigenvalue weighted by atomic mass is 79.9. The average molecular weight is 518 g/mol. The summed E-state index contributed by atoms with van der Waals surface area (Å²) in [6.07, 6.45) is 0. The molecule has 0 aliphatic rings. The number of aryl methyl sites for hydroxylation is 2. The Morgan fingerprint density at radius 3 is 2.19 bits per heavy atom. The van der Waals surface area contributed by atoms with Crippen molar-refractivity contribution in [2.24, 2.45) is 0 Å². The number of carbonyl (C=O) groups is 1. The van der Waals surface area contributed by atoms with E-state index in [2.05, 4.69) is 31.3 Å². The van der Waals surface area contributed by atoms with E-state index in [1.807, 2.05) is 26.0 Å². The maximum absolute atomic E-state index is 12.7. The summed E-state index contributed by atoms with van der Waals surface area (Å²) in [5, 5.41) is 5.57. The number of carbonyl (C=O) groups excluding carboxylic acids is 1. The van der Waals surface area contributed by atoms with Crippen molar-refractivity contribution in [3.63, 3.8) is 0 Å². The Kier molecular flexibility index (Phi) is 7.09. The lowest BCUT2D eigenvalue weighted by atomic mass is 10.1. The summed E-state index contributed by atoms with van der Waals surface area (Å²) < 4.78 is 28.8. The molecule has 0 aliphatic carbocycles. The molecule has 0 atom stereocenters. The van der Waals surface area contributed by atoms with Gasteiger partial charge in [-0.15, -0.1) is 0 Å². The minimum Gasteiger partial charge on any atom is -0.332 e. The number of benzene rings is 3.